The molecule has 0 unspecified atom stereocenters. The third-order valence-electron chi connectivity index (χ3n) is 4.98. The quantitative estimate of drug-likeness (QED) is 0.681. The Bertz CT molecular complexity index is 1050. The van der Waals surface area contributed by atoms with Crippen LogP contribution in [0.25, 0.3) is 22.3 Å². The highest BCUT2D eigenvalue weighted by Crippen LogP contribution is 2.33. The van der Waals surface area contributed by atoms with E-state index in [0.29, 0.717) is 31.0 Å². The van der Waals surface area contributed by atoms with E-state index in [9.17, 15) is 13.6 Å². The van der Waals surface area contributed by atoms with Gasteiger partial charge in [0.25, 0.3) is 0 Å². The topological polar surface area (TPSA) is 65.4 Å². The molecule has 3 aromatic rings. The van der Waals surface area contributed by atoms with Crippen LogP contribution in [0.15, 0.2) is 30.5 Å². The van der Waals surface area contributed by atoms with Crippen molar-refractivity contribution in [1.29, 1.82) is 0 Å². The number of nitrogens with zero attached hydrogens (tertiary/aromatic N) is 2. The fraction of sp³-hybridized carbons (Fsp3) is 0.333. The average molecular weight is 401 g/mol. The summed E-state index contributed by atoms with van der Waals surface area (Å²) in [6.07, 6.45) is 1.57. The number of ether oxygens (including phenoxy) is 2. The monoisotopic (exact) mass is 401 g/mol. The maximum absolute atomic E-state index is 14.9. The van der Waals surface area contributed by atoms with E-state index in [1.807, 2.05) is 13.0 Å². The van der Waals surface area contributed by atoms with Crippen molar-refractivity contribution < 1.29 is 23.0 Å². The van der Waals surface area contributed by atoms with Gasteiger partial charge in [-0.3, -0.25) is 0 Å². The average Bonchev–Trinajstić information content (AvgIpc) is 3.04. The van der Waals surface area contributed by atoms with Crippen LogP contribution in [0.4, 0.5) is 8.78 Å². The van der Waals surface area contributed by atoms with Crippen LogP contribution in [0.1, 0.15) is 15.9 Å². The van der Waals surface area contributed by atoms with E-state index in [-0.39, 0.29) is 17.2 Å². The molecule has 0 saturated carbocycles. The molecule has 1 fully saturated rings. The molecule has 3 heterocycles. The number of hydrogen-bond donors (Lipinski definition) is 1. The Balaban J connectivity index is 1.86. The second kappa shape index (κ2) is 7.88. The van der Waals surface area contributed by atoms with Gasteiger partial charge in [-0.05, 0) is 36.8 Å². The van der Waals surface area contributed by atoms with Crippen molar-refractivity contribution >= 4 is 17.0 Å². The van der Waals surface area contributed by atoms with Crippen molar-refractivity contribution in [3.8, 4) is 11.3 Å². The Morgan fingerprint density at radius 3 is 2.72 bits per heavy atom. The van der Waals surface area contributed by atoms with Gasteiger partial charge < -0.3 is 19.4 Å². The van der Waals surface area contributed by atoms with Crippen LogP contribution < -0.4 is 5.32 Å². The van der Waals surface area contributed by atoms with Gasteiger partial charge in [0.05, 0.1) is 43.2 Å². The number of esters is 1. The lowest BCUT2D eigenvalue weighted by atomic mass is 10.1. The number of aromatic nitrogens is 2. The van der Waals surface area contributed by atoms with E-state index in [0.717, 1.165) is 36.7 Å². The van der Waals surface area contributed by atoms with Gasteiger partial charge in [-0.1, -0.05) is 0 Å². The van der Waals surface area contributed by atoms with Crippen molar-refractivity contribution in [3.63, 3.8) is 0 Å². The molecule has 6 nitrogen and oxygen atoms in total. The number of halogens is 2. The summed E-state index contributed by atoms with van der Waals surface area (Å²) in [5, 5.41) is 4.03. The van der Waals surface area contributed by atoms with E-state index in [4.69, 9.17) is 4.74 Å². The van der Waals surface area contributed by atoms with Gasteiger partial charge in [-0.25, -0.2) is 18.6 Å². The summed E-state index contributed by atoms with van der Waals surface area (Å²) in [6.45, 7) is 4.27. The number of fused-ring (bicyclic) bond motifs is 1. The van der Waals surface area contributed by atoms with Gasteiger partial charge in [0.1, 0.15) is 17.3 Å². The molecule has 152 valence electrons. The van der Waals surface area contributed by atoms with Crippen molar-refractivity contribution in [2.24, 2.45) is 0 Å². The lowest BCUT2D eigenvalue weighted by molar-refractivity contribution is 0.0191. The Hall–Kier alpha value is -2.84. The molecule has 0 bridgehead atoms. The number of benzene rings is 1. The van der Waals surface area contributed by atoms with Crippen LogP contribution in [0.5, 0.6) is 0 Å². The SMILES string of the molecule is COC(=O)c1cc(F)c(-c2cc3cc(C)cnc3n2C[C@H]2CNCCO2)c(F)c1. The molecular formula is C21H21F2N3O3. The zero-order valence-electron chi connectivity index (χ0n) is 16.2. The summed E-state index contributed by atoms with van der Waals surface area (Å²) < 4.78 is 42.0. The Morgan fingerprint density at radius 2 is 2.07 bits per heavy atom. The van der Waals surface area contributed by atoms with Crippen molar-refractivity contribution in [3.05, 3.63) is 53.2 Å². The lowest BCUT2D eigenvalue weighted by Crippen LogP contribution is -2.40. The summed E-state index contributed by atoms with van der Waals surface area (Å²) in [6, 6.07) is 5.61. The highest BCUT2D eigenvalue weighted by Gasteiger charge is 2.24. The molecule has 0 radical (unpaired) electrons. The first kappa shape index (κ1) is 19.5. The molecule has 1 aliphatic rings. The van der Waals surface area contributed by atoms with E-state index in [1.165, 1.54) is 0 Å². The van der Waals surface area contributed by atoms with Crippen molar-refractivity contribution in [1.82, 2.24) is 14.9 Å². The molecule has 1 aromatic carbocycles. The third-order valence-corrected chi connectivity index (χ3v) is 4.98. The minimum Gasteiger partial charge on any atom is -0.465 e. The zero-order chi connectivity index (χ0) is 20.5. The third kappa shape index (κ3) is 3.73. The molecule has 1 atom stereocenters. The van der Waals surface area contributed by atoms with Crippen molar-refractivity contribution in [2.45, 2.75) is 19.6 Å². The molecule has 1 aliphatic heterocycles. The molecule has 8 heteroatoms. The zero-order valence-corrected chi connectivity index (χ0v) is 16.2. The number of hydrogen-bond acceptors (Lipinski definition) is 5. The summed E-state index contributed by atoms with van der Waals surface area (Å²) in [5.41, 5.74) is 1.52. The van der Waals surface area contributed by atoms with Crippen LogP contribution in [0.2, 0.25) is 0 Å². The van der Waals surface area contributed by atoms with E-state index in [2.05, 4.69) is 15.0 Å². The number of aryl methyl sites for hydroxylation is 1. The van der Waals surface area contributed by atoms with Gasteiger partial charge in [0, 0.05) is 24.7 Å². The smallest absolute Gasteiger partial charge is 0.338 e. The molecular weight excluding hydrogens is 380 g/mol. The first-order chi connectivity index (χ1) is 14.0. The number of carbonyl (C=O) groups excluding carboxylic acids is 1. The second-order valence-corrected chi connectivity index (χ2v) is 7.07. The molecule has 4 rings (SSSR count). The first-order valence-corrected chi connectivity index (χ1v) is 9.34. The molecule has 2 aromatic heterocycles. The van der Waals surface area contributed by atoms with Gasteiger partial charge >= 0.3 is 5.97 Å². The minimum absolute atomic E-state index is 0.151. The standard InChI is InChI=1S/C21H21F2N3O3/c1-12-5-13-8-18(19-16(22)6-14(7-17(19)23)21(27)28-2)26(20(13)25-9-12)11-15-10-24-3-4-29-15/h5-9,15,24H,3-4,10-11H2,1-2H3/t15-/m1/s1. The van der Waals surface area contributed by atoms with E-state index in [1.54, 1.807) is 16.8 Å². The van der Waals surface area contributed by atoms with Gasteiger partial charge in [0.2, 0.25) is 0 Å². The molecule has 1 saturated heterocycles. The molecule has 1 N–H and O–H groups in total. The Morgan fingerprint density at radius 1 is 1.31 bits per heavy atom. The fourth-order valence-electron chi connectivity index (χ4n) is 3.64. The van der Waals surface area contributed by atoms with E-state index < -0.39 is 17.6 Å². The molecule has 29 heavy (non-hydrogen) atoms. The summed E-state index contributed by atoms with van der Waals surface area (Å²) in [4.78, 5) is 16.2. The predicted molar refractivity (Wildman–Crippen MR) is 104 cm³/mol. The van der Waals surface area contributed by atoms with Crippen LogP contribution in [-0.2, 0) is 16.0 Å². The number of pyridine rings is 1. The largest absolute Gasteiger partial charge is 0.465 e. The van der Waals surface area contributed by atoms with Crippen LogP contribution in [0, 0.1) is 18.6 Å². The Kier molecular flexibility index (Phi) is 5.29. The van der Waals surface area contributed by atoms with Crippen LogP contribution >= 0.6 is 0 Å². The summed E-state index contributed by atoms with van der Waals surface area (Å²) >= 11 is 0. The highest BCUT2D eigenvalue weighted by molar-refractivity contribution is 5.91. The second-order valence-electron chi connectivity index (χ2n) is 7.07. The number of morpholine rings is 1. The van der Waals surface area contributed by atoms with Gasteiger partial charge in [-0.15, -0.1) is 0 Å². The minimum atomic E-state index is -0.839. The molecule has 0 aliphatic carbocycles. The normalized spacial score (nSPS) is 16.9. The maximum atomic E-state index is 14.9. The predicted octanol–water partition coefficient (Wildman–Crippen LogP) is 3.06. The molecule has 0 spiro atoms. The van der Waals surface area contributed by atoms with Gasteiger partial charge in [-0.2, -0.15) is 0 Å². The van der Waals surface area contributed by atoms with Crippen LogP contribution in [0.3, 0.4) is 0 Å². The molecule has 0 amide bonds. The first-order valence-electron chi connectivity index (χ1n) is 9.34. The van der Waals surface area contributed by atoms with E-state index >= 15 is 0 Å². The number of rotatable bonds is 4. The Labute approximate surface area is 166 Å². The lowest BCUT2D eigenvalue weighted by Gasteiger charge is -2.25. The summed E-state index contributed by atoms with van der Waals surface area (Å²) in [5.74, 6) is -2.48. The van der Waals surface area contributed by atoms with Gasteiger partial charge in [0.15, 0.2) is 0 Å². The summed E-state index contributed by atoms with van der Waals surface area (Å²) in [7, 11) is 1.16. The fourth-order valence-corrected chi connectivity index (χ4v) is 3.64. The number of methoxy groups -OCH3 is 1. The number of carbonyl (C=O) groups is 1. The van der Waals surface area contributed by atoms with Crippen molar-refractivity contribution in [2.75, 3.05) is 26.8 Å². The maximum Gasteiger partial charge on any atom is 0.338 e. The highest BCUT2D eigenvalue weighted by atomic mass is 19.1. The number of nitrogens with one attached hydrogen (secondary N) is 1. The van der Waals surface area contributed by atoms with Crippen LogP contribution in [-0.4, -0.2) is 48.4 Å².